The predicted octanol–water partition coefficient (Wildman–Crippen LogP) is 2.79. The van der Waals surface area contributed by atoms with E-state index in [2.05, 4.69) is 20.8 Å². The van der Waals surface area contributed by atoms with Crippen LogP contribution < -0.4 is 5.73 Å². The molecular weight excluding hydrogens is 248 g/mol. The summed E-state index contributed by atoms with van der Waals surface area (Å²) in [4.78, 5) is 15.2. The Morgan fingerprint density at radius 3 is 2.25 bits per heavy atom. The van der Waals surface area contributed by atoms with Crippen molar-refractivity contribution in [1.29, 1.82) is 0 Å². The van der Waals surface area contributed by atoms with Gasteiger partial charge in [-0.25, -0.2) is 0 Å². The number of carbonyl (C=O) groups excluding carboxylic acids is 1. The van der Waals surface area contributed by atoms with Gasteiger partial charge < -0.3 is 10.6 Å². The lowest BCUT2D eigenvalue weighted by molar-refractivity contribution is -0.169. The van der Waals surface area contributed by atoms with E-state index in [-0.39, 0.29) is 11.0 Å². The Bertz CT molecular complexity index is 415. The molecule has 0 radical (unpaired) electrons. The molecule has 0 spiro atoms. The molecule has 0 saturated heterocycles. The van der Waals surface area contributed by atoms with Gasteiger partial charge in [-0.15, -0.1) is 0 Å². The van der Waals surface area contributed by atoms with Crippen LogP contribution in [-0.4, -0.2) is 29.9 Å². The van der Waals surface area contributed by atoms with Crippen LogP contribution in [0.4, 0.5) is 0 Å². The largest absolute Gasteiger partial charge is 0.339 e. The van der Waals surface area contributed by atoms with Gasteiger partial charge in [0.15, 0.2) is 0 Å². The van der Waals surface area contributed by atoms with E-state index in [4.69, 9.17) is 5.73 Å². The van der Waals surface area contributed by atoms with Crippen LogP contribution in [0.5, 0.6) is 0 Å². The number of amides is 1. The van der Waals surface area contributed by atoms with Gasteiger partial charge in [-0.1, -0.05) is 6.92 Å². The Kier molecular flexibility index (Phi) is 3.03. The maximum Gasteiger partial charge on any atom is 0.229 e. The molecule has 114 valence electrons. The van der Waals surface area contributed by atoms with Crippen molar-refractivity contribution in [2.24, 2.45) is 28.4 Å². The standard InChI is InChI=1S/C17H30N2O/c1-15(2,11-18)19(4)14(20)17-8-12-5-13(9-17)7-16(3,6-12)10-17/h12-13H,5-11,18H2,1-4H3. The first-order valence-electron chi connectivity index (χ1n) is 8.18. The second-order valence-electron chi connectivity index (χ2n) is 8.93. The van der Waals surface area contributed by atoms with Gasteiger partial charge in [0.1, 0.15) is 0 Å². The molecule has 1 amide bonds. The Hall–Kier alpha value is -0.570. The number of hydrogen-bond donors (Lipinski definition) is 1. The first kappa shape index (κ1) is 14.4. The second kappa shape index (κ2) is 4.22. The Balaban J connectivity index is 1.88. The van der Waals surface area contributed by atoms with Gasteiger partial charge >= 0.3 is 0 Å². The summed E-state index contributed by atoms with van der Waals surface area (Å²) in [6.45, 7) is 7.09. The fourth-order valence-corrected chi connectivity index (χ4v) is 5.74. The fraction of sp³-hybridized carbons (Fsp3) is 0.941. The average Bonchev–Trinajstić information content (AvgIpc) is 2.34. The number of hydrogen-bond acceptors (Lipinski definition) is 2. The molecule has 0 aliphatic heterocycles. The highest BCUT2D eigenvalue weighted by molar-refractivity contribution is 5.84. The van der Waals surface area contributed by atoms with Gasteiger partial charge in [0.05, 0.1) is 5.41 Å². The minimum Gasteiger partial charge on any atom is -0.339 e. The van der Waals surface area contributed by atoms with Crippen molar-refractivity contribution in [3.8, 4) is 0 Å². The van der Waals surface area contributed by atoms with E-state index in [0.29, 0.717) is 17.9 Å². The first-order chi connectivity index (χ1) is 9.20. The summed E-state index contributed by atoms with van der Waals surface area (Å²) in [5.74, 6) is 1.95. The lowest BCUT2D eigenvalue weighted by Crippen LogP contribution is -2.61. The molecule has 2 N–H and O–H groups in total. The van der Waals surface area contributed by atoms with Crippen LogP contribution in [0, 0.1) is 22.7 Å². The van der Waals surface area contributed by atoms with Crippen LogP contribution in [0.15, 0.2) is 0 Å². The summed E-state index contributed by atoms with van der Waals surface area (Å²) < 4.78 is 0. The molecule has 3 heteroatoms. The topological polar surface area (TPSA) is 46.3 Å². The van der Waals surface area contributed by atoms with Gasteiger partial charge in [-0.3, -0.25) is 4.79 Å². The minimum atomic E-state index is -0.235. The molecule has 0 aromatic carbocycles. The Morgan fingerprint density at radius 2 is 1.80 bits per heavy atom. The molecule has 4 fully saturated rings. The van der Waals surface area contributed by atoms with Crippen LogP contribution in [0.3, 0.4) is 0 Å². The van der Waals surface area contributed by atoms with Gasteiger partial charge in [0.25, 0.3) is 0 Å². The maximum atomic E-state index is 13.2. The fourth-order valence-electron chi connectivity index (χ4n) is 5.74. The molecule has 3 nitrogen and oxygen atoms in total. The molecule has 4 aliphatic carbocycles. The van der Waals surface area contributed by atoms with Gasteiger partial charge in [0, 0.05) is 19.1 Å². The molecule has 0 aromatic rings. The number of carbonyl (C=O) groups is 1. The Labute approximate surface area is 123 Å². The van der Waals surface area contributed by atoms with Gasteiger partial charge in [0.2, 0.25) is 5.91 Å². The van der Waals surface area contributed by atoms with E-state index in [1.165, 1.54) is 19.3 Å². The van der Waals surface area contributed by atoms with Crippen molar-refractivity contribution in [2.45, 2.75) is 64.8 Å². The predicted molar refractivity (Wildman–Crippen MR) is 81.1 cm³/mol. The minimum absolute atomic E-state index is 0.0694. The van der Waals surface area contributed by atoms with Crippen molar-refractivity contribution >= 4 is 5.91 Å². The van der Waals surface area contributed by atoms with E-state index in [1.807, 2.05) is 11.9 Å². The zero-order chi connectivity index (χ0) is 14.8. The van der Waals surface area contributed by atoms with E-state index in [1.54, 1.807) is 0 Å². The highest BCUT2D eigenvalue weighted by Gasteiger charge is 2.59. The van der Waals surface area contributed by atoms with Crippen LogP contribution in [-0.2, 0) is 4.79 Å². The molecule has 20 heavy (non-hydrogen) atoms. The quantitative estimate of drug-likeness (QED) is 0.863. The third kappa shape index (κ3) is 2.01. The molecule has 4 saturated carbocycles. The third-order valence-corrected chi connectivity index (χ3v) is 6.52. The number of rotatable bonds is 3. The van der Waals surface area contributed by atoms with Gasteiger partial charge in [-0.2, -0.15) is 0 Å². The second-order valence-corrected chi connectivity index (χ2v) is 8.93. The number of nitrogens with zero attached hydrogens (tertiary/aromatic N) is 1. The van der Waals surface area contributed by atoms with Crippen LogP contribution in [0.1, 0.15) is 59.3 Å². The lowest BCUT2D eigenvalue weighted by atomic mass is 9.44. The third-order valence-electron chi connectivity index (χ3n) is 6.52. The van der Waals surface area contributed by atoms with Crippen molar-refractivity contribution in [1.82, 2.24) is 4.90 Å². The van der Waals surface area contributed by atoms with Crippen LogP contribution in [0.25, 0.3) is 0 Å². The lowest BCUT2D eigenvalue weighted by Gasteiger charge is -2.61. The molecule has 4 bridgehead atoms. The van der Waals surface area contributed by atoms with Gasteiger partial charge in [-0.05, 0) is 69.6 Å². The van der Waals surface area contributed by atoms with E-state index < -0.39 is 0 Å². The number of likely N-dealkylation sites (N-methyl/N-ethyl adjacent to an activating group) is 1. The molecular formula is C17H30N2O. The summed E-state index contributed by atoms with van der Waals surface area (Å²) >= 11 is 0. The van der Waals surface area contributed by atoms with Crippen molar-refractivity contribution in [2.75, 3.05) is 13.6 Å². The molecule has 2 unspecified atom stereocenters. The summed E-state index contributed by atoms with van der Waals surface area (Å²) in [6.07, 6.45) is 7.43. The SMILES string of the molecule is CN(C(=O)C12CC3CC(CC(C)(C3)C1)C2)C(C)(C)CN. The summed E-state index contributed by atoms with van der Waals surface area (Å²) in [7, 11) is 1.95. The molecule has 4 aliphatic rings. The van der Waals surface area contributed by atoms with Crippen molar-refractivity contribution < 1.29 is 4.79 Å². The maximum absolute atomic E-state index is 13.2. The first-order valence-corrected chi connectivity index (χ1v) is 8.18. The summed E-state index contributed by atoms with van der Waals surface area (Å²) in [5, 5.41) is 0. The van der Waals surface area contributed by atoms with Crippen molar-refractivity contribution in [3.05, 3.63) is 0 Å². The van der Waals surface area contributed by atoms with Crippen LogP contribution >= 0.6 is 0 Å². The van der Waals surface area contributed by atoms with Crippen LogP contribution in [0.2, 0.25) is 0 Å². The average molecular weight is 278 g/mol. The molecule has 0 heterocycles. The van der Waals surface area contributed by atoms with Crippen molar-refractivity contribution in [3.63, 3.8) is 0 Å². The summed E-state index contributed by atoms with van der Waals surface area (Å²) in [6, 6.07) is 0. The summed E-state index contributed by atoms with van der Waals surface area (Å²) in [5.41, 5.74) is 5.99. The monoisotopic (exact) mass is 278 g/mol. The smallest absolute Gasteiger partial charge is 0.229 e. The van der Waals surface area contributed by atoms with E-state index in [9.17, 15) is 4.79 Å². The molecule has 4 rings (SSSR count). The zero-order valence-corrected chi connectivity index (χ0v) is 13.5. The number of nitrogens with two attached hydrogens (primary N) is 1. The highest BCUT2D eigenvalue weighted by Crippen LogP contribution is 2.65. The normalized spacial score (nSPS) is 42.9. The van der Waals surface area contributed by atoms with E-state index in [0.717, 1.165) is 31.1 Å². The van der Waals surface area contributed by atoms with E-state index >= 15 is 0 Å². The highest BCUT2D eigenvalue weighted by atomic mass is 16.2. The molecule has 2 atom stereocenters. The molecule has 0 aromatic heterocycles. The Morgan fingerprint density at radius 1 is 1.25 bits per heavy atom. The zero-order valence-electron chi connectivity index (χ0n) is 13.5.